The molecule has 4 rings (SSSR count). The number of benzene rings is 2. The van der Waals surface area contributed by atoms with Crippen LogP contribution in [0.3, 0.4) is 0 Å². The second-order valence-corrected chi connectivity index (χ2v) is 7.56. The summed E-state index contributed by atoms with van der Waals surface area (Å²) in [6, 6.07) is 12.5. The van der Waals surface area contributed by atoms with Crippen molar-refractivity contribution in [3.8, 4) is 17.2 Å². The fourth-order valence-electron chi connectivity index (χ4n) is 3.83. The first kappa shape index (κ1) is 21.7. The summed E-state index contributed by atoms with van der Waals surface area (Å²) in [7, 11) is 1.36. The van der Waals surface area contributed by atoms with Crippen molar-refractivity contribution >= 4 is 29.0 Å². The number of ether oxygens (including phenoxy) is 4. The van der Waals surface area contributed by atoms with Gasteiger partial charge in [-0.3, -0.25) is 4.90 Å². The largest absolute Gasteiger partial charge is 0.489 e. The monoisotopic (exact) mass is 452 g/mol. The minimum Gasteiger partial charge on any atom is -0.489 e. The minimum atomic E-state index is -0.538. The molecule has 0 saturated heterocycles. The van der Waals surface area contributed by atoms with Crippen LogP contribution in [-0.2, 0) is 9.53 Å². The highest BCUT2D eigenvalue weighted by Gasteiger charge is 2.36. The van der Waals surface area contributed by atoms with Gasteiger partial charge >= 0.3 is 5.97 Å². The molecule has 0 radical (unpaired) electrons. The fourth-order valence-corrected chi connectivity index (χ4v) is 4.19. The van der Waals surface area contributed by atoms with Gasteiger partial charge in [-0.15, -0.1) is 0 Å². The number of thiocarbonyl (C=S) groups is 1. The molecule has 0 spiro atoms. The predicted octanol–water partition coefficient (Wildman–Crippen LogP) is 3.91. The molecule has 0 amide bonds. The lowest BCUT2D eigenvalue weighted by Gasteiger charge is -2.38. The highest BCUT2D eigenvalue weighted by Crippen LogP contribution is 2.40. The van der Waals surface area contributed by atoms with E-state index in [2.05, 4.69) is 11.9 Å². The Balaban J connectivity index is 1.80. The van der Waals surface area contributed by atoms with Gasteiger partial charge in [0.25, 0.3) is 0 Å². The van der Waals surface area contributed by atoms with Gasteiger partial charge in [-0.05, 0) is 37.3 Å². The summed E-state index contributed by atoms with van der Waals surface area (Å²) < 4.78 is 22.3. The summed E-state index contributed by atoms with van der Waals surface area (Å²) in [5.41, 5.74) is 2.62. The molecule has 2 aliphatic heterocycles. The van der Waals surface area contributed by atoms with Crippen LogP contribution in [-0.4, -0.2) is 38.0 Å². The summed E-state index contributed by atoms with van der Waals surface area (Å²) in [5, 5.41) is 3.73. The summed E-state index contributed by atoms with van der Waals surface area (Å²) in [4.78, 5) is 14.7. The summed E-state index contributed by atoms with van der Waals surface area (Å²) in [6.45, 7) is 6.87. The average molecular weight is 453 g/mol. The number of nitrogens with zero attached hydrogens (tertiary/aromatic N) is 1. The second kappa shape index (κ2) is 9.32. The highest BCUT2D eigenvalue weighted by atomic mass is 32.1. The molecule has 0 bridgehead atoms. The number of para-hydroxylation sites is 1. The van der Waals surface area contributed by atoms with E-state index in [-0.39, 0.29) is 0 Å². The zero-order valence-corrected chi connectivity index (χ0v) is 18.7. The van der Waals surface area contributed by atoms with Gasteiger partial charge in [0.1, 0.15) is 25.6 Å². The van der Waals surface area contributed by atoms with Gasteiger partial charge in [0.05, 0.1) is 24.4 Å². The van der Waals surface area contributed by atoms with Gasteiger partial charge in [0, 0.05) is 17.3 Å². The average Bonchev–Trinajstić information content (AvgIpc) is 2.82. The standard InChI is InChI=1S/C24H24N2O5S/c1-4-11-29-18-8-6-5-7-17(18)22-21(23(27)28-3)15(2)26(24(32)25-22)16-9-10-19-20(14-16)31-13-12-30-19/h4-10,14,22H,1,11-13H2,2-3H3,(H,25,32). The molecule has 2 aliphatic rings. The first-order chi connectivity index (χ1) is 15.5. The van der Waals surface area contributed by atoms with Gasteiger partial charge in [-0.25, -0.2) is 4.79 Å². The van der Waals surface area contributed by atoms with Crippen LogP contribution in [0.15, 0.2) is 66.4 Å². The predicted molar refractivity (Wildman–Crippen MR) is 125 cm³/mol. The van der Waals surface area contributed by atoms with Gasteiger partial charge in [-0.2, -0.15) is 0 Å². The first-order valence-corrected chi connectivity index (χ1v) is 10.6. The van der Waals surface area contributed by atoms with Crippen LogP contribution in [0, 0.1) is 0 Å². The van der Waals surface area contributed by atoms with Crippen LogP contribution in [0.5, 0.6) is 17.2 Å². The van der Waals surface area contributed by atoms with E-state index in [4.69, 9.17) is 31.2 Å². The Morgan fingerprint density at radius 2 is 2.00 bits per heavy atom. The molecule has 1 atom stereocenters. The number of esters is 1. The van der Waals surface area contributed by atoms with Crippen molar-refractivity contribution in [1.29, 1.82) is 0 Å². The maximum Gasteiger partial charge on any atom is 0.337 e. The Kier molecular flexibility index (Phi) is 6.32. The van der Waals surface area contributed by atoms with Crippen molar-refractivity contribution in [2.45, 2.75) is 13.0 Å². The van der Waals surface area contributed by atoms with E-state index in [1.165, 1.54) is 7.11 Å². The van der Waals surface area contributed by atoms with Crippen molar-refractivity contribution in [1.82, 2.24) is 5.32 Å². The minimum absolute atomic E-state index is 0.341. The SMILES string of the molecule is C=CCOc1ccccc1C1NC(=S)N(c2ccc3c(c2)OCCO3)C(C)=C1C(=O)OC. The summed E-state index contributed by atoms with van der Waals surface area (Å²) in [6.07, 6.45) is 1.67. The smallest absolute Gasteiger partial charge is 0.337 e. The zero-order chi connectivity index (χ0) is 22.7. The van der Waals surface area contributed by atoms with E-state index in [1.54, 1.807) is 11.0 Å². The van der Waals surface area contributed by atoms with Crippen LogP contribution in [0.1, 0.15) is 18.5 Å². The van der Waals surface area contributed by atoms with Gasteiger partial charge in [0.2, 0.25) is 0 Å². The van der Waals surface area contributed by atoms with Crippen molar-refractivity contribution < 1.29 is 23.7 Å². The maximum atomic E-state index is 12.9. The van der Waals surface area contributed by atoms with Gasteiger partial charge in [0.15, 0.2) is 16.6 Å². The topological polar surface area (TPSA) is 69.3 Å². The third-order valence-corrected chi connectivity index (χ3v) is 5.56. The van der Waals surface area contributed by atoms with E-state index < -0.39 is 12.0 Å². The number of hydrogen-bond donors (Lipinski definition) is 1. The molecular weight excluding hydrogens is 428 g/mol. The van der Waals surface area contributed by atoms with E-state index in [0.717, 1.165) is 11.3 Å². The molecule has 0 saturated carbocycles. The number of carbonyl (C=O) groups is 1. The number of methoxy groups -OCH3 is 1. The molecule has 0 aromatic heterocycles. The van der Waals surface area contributed by atoms with Crippen molar-refractivity contribution in [3.63, 3.8) is 0 Å². The molecular formula is C24H24N2O5S. The molecule has 1 unspecified atom stereocenters. The maximum absolute atomic E-state index is 12.9. The molecule has 166 valence electrons. The van der Waals surface area contributed by atoms with Gasteiger partial charge < -0.3 is 24.3 Å². The zero-order valence-electron chi connectivity index (χ0n) is 17.9. The molecule has 2 aromatic rings. The molecule has 8 heteroatoms. The lowest BCUT2D eigenvalue weighted by Crippen LogP contribution is -2.48. The number of allylic oxidation sites excluding steroid dienone is 1. The Bertz CT molecular complexity index is 1100. The Morgan fingerprint density at radius 1 is 1.25 bits per heavy atom. The van der Waals surface area contributed by atoms with E-state index >= 15 is 0 Å². The number of anilines is 1. The lowest BCUT2D eigenvalue weighted by molar-refractivity contribution is -0.136. The van der Waals surface area contributed by atoms with E-state index in [9.17, 15) is 4.79 Å². The first-order valence-electron chi connectivity index (χ1n) is 10.2. The van der Waals surface area contributed by atoms with Crippen LogP contribution >= 0.6 is 12.2 Å². The van der Waals surface area contributed by atoms with Crippen LogP contribution < -0.4 is 24.4 Å². The van der Waals surface area contributed by atoms with Crippen LogP contribution in [0.2, 0.25) is 0 Å². The fraction of sp³-hybridized carbons (Fsp3) is 0.250. The summed E-state index contributed by atoms with van der Waals surface area (Å²) >= 11 is 5.72. The Hall–Kier alpha value is -3.52. The number of fused-ring (bicyclic) bond motifs is 1. The lowest BCUT2D eigenvalue weighted by atomic mass is 9.94. The Labute approximate surface area is 192 Å². The molecule has 32 heavy (non-hydrogen) atoms. The van der Waals surface area contributed by atoms with E-state index in [0.29, 0.717) is 53.5 Å². The highest BCUT2D eigenvalue weighted by molar-refractivity contribution is 7.80. The third-order valence-electron chi connectivity index (χ3n) is 5.26. The third kappa shape index (κ3) is 4.01. The molecule has 2 aromatic carbocycles. The number of hydrogen-bond acceptors (Lipinski definition) is 6. The number of nitrogens with one attached hydrogen (secondary N) is 1. The van der Waals surface area contributed by atoms with Gasteiger partial charge in [-0.1, -0.05) is 30.9 Å². The molecule has 7 nitrogen and oxygen atoms in total. The van der Waals surface area contributed by atoms with Crippen LogP contribution in [0.4, 0.5) is 5.69 Å². The van der Waals surface area contributed by atoms with Crippen molar-refractivity contribution in [2.75, 3.05) is 31.8 Å². The number of carbonyl (C=O) groups excluding carboxylic acids is 1. The molecule has 0 fully saturated rings. The summed E-state index contributed by atoms with van der Waals surface area (Å²) in [5.74, 6) is 1.49. The Morgan fingerprint density at radius 3 is 2.75 bits per heavy atom. The molecule has 2 heterocycles. The van der Waals surface area contributed by atoms with E-state index in [1.807, 2.05) is 49.4 Å². The molecule has 1 N–H and O–H groups in total. The quantitative estimate of drug-likeness (QED) is 0.402. The van der Waals surface area contributed by atoms with Crippen molar-refractivity contribution in [2.24, 2.45) is 0 Å². The number of rotatable bonds is 6. The van der Waals surface area contributed by atoms with Crippen molar-refractivity contribution in [3.05, 3.63) is 72.0 Å². The normalized spacial score (nSPS) is 17.5. The molecule has 0 aliphatic carbocycles. The second-order valence-electron chi connectivity index (χ2n) is 7.17. The van der Waals surface area contributed by atoms with Crippen LogP contribution in [0.25, 0.3) is 0 Å².